The van der Waals surface area contributed by atoms with Crippen molar-refractivity contribution in [1.82, 2.24) is 9.55 Å². The summed E-state index contributed by atoms with van der Waals surface area (Å²) in [6.07, 6.45) is 3.71. The number of fused-ring (bicyclic) bond motifs is 1. The molecule has 0 aliphatic heterocycles. The summed E-state index contributed by atoms with van der Waals surface area (Å²) in [5, 5.41) is 3.89. The van der Waals surface area contributed by atoms with Gasteiger partial charge in [-0.3, -0.25) is 4.79 Å². The van der Waals surface area contributed by atoms with Gasteiger partial charge in [0.2, 0.25) is 0 Å². The molecule has 100 valence electrons. The molecule has 0 atom stereocenters. The van der Waals surface area contributed by atoms with E-state index in [0.717, 1.165) is 16.5 Å². The van der Waals surface area contributed by atoms with E-state index in [1.165, 1.54) is 0 Å². The van der Waals surface area contributed by atoms with Gasteiger partial charge in [-0.15, -0.1) is 0 Å². The summed E-state index contributed by atoms with van der Waals surface area (Å²) in [5.74, 6) is 0.413. The van der Waals surface area contributed by atoms with Crippen molar-refractivity contribution in [3.63, 3.8) is 0 Å². The van der Waals surface area contributed by atoms with Gasteiger partial charge in [0.05, 0.1) is 0 Å². The van der Waals surface area contributed by atoms with Gasteiger partial charge in [0.1, 0.15) is 5.82 Å². The first-order valence-electron chi connectivity index (χ1n) is 6.43. The minimum absolute atomic E-state index is 0.145. The molecule has 20 heavy (non-hydrogen) atoms. The zero-order valence-electron chi connectivity index (χ0n) is 11.4. The highest BCUT2D eigenvalue weighted by molar-refractivity contribution is 6.06. The predicted molar refractivity (Wildman–Crippen MR) is 79.8 cm³/mol. The summed E-state index contributed by atoms with van der Waals surface area (Å²) in [7, 11) is 2.00. The van der Waals surface area contributed by atoms with E-state index in [4.69, 9.17) is 0 Å². The Labute approximate surface area is 117 Å². The highest BCUT2D eigenvalue weighted by atomic mass is 16.1. The largest absolute Gasteiger partial charge is 0.350 e. The van der Waals surface area contributed by atoms with Gasteiger partial charge in [-0.1, -0.05) is 6.07 Å². The molecule has 0 aliphatic carbocycles. The lowest BCUT2D eigenvalue weighted by atomic mass is 10.1. The summed E-state index contributed by atoms with van der Waals surface area (Å²) < 4.78 is 2.06. The summed E-state index contributed by atoms with van der Waals surface area (Å²) in [6, 6.07) is 11.1. The Morgan fingerprint density at radius 1 is 1.25 bits per heavy atom. The van der Waals surface area contributed by atoms with Gasteiger partial charge in [0.25, 0.3) is 5.91 Å². The van der Waals surface area contributed by atoms with Gasteiger partial charge in [-0.05, 0) is 42.8 Å². The molecule has 0 bridgehead atoms. The van der Waals surface area contributed by atoms with Crippen LogP contribution in [0.15, 0.2) is 48.8 Å². The number of hydrogen-bond acceptors (Lipinski definition) is 2. The maximum Gasteiger partial charge on any atom is 0.256 e. The standard InChI is InChI=1S/C16H15N3O/c1-11-10-19(2)14-7-6-12(9-13(11)14)16(20)18-15-5-3-4-8-17-15/h3-10H,1-2H3,(H,17,18,20). The molecule has 0 saturated carbocycles. The molecule has 1 N–H and O–H groups in total. The zero-order chi connectivity index (χ0) is 14.1. The lowest BCUT2D eigenvalue weighted by Crippen LogP contribution is -2.12. The van der Waals surface area contributed by atoms with E-state index in [-0.39, 0.29) is 5.91 Å². The number of aryl methyl sites for hydroxylation is 2. The topological polar surface area (TPSA) is 46.9 Å². The first-order valence-corrected chi connectivity index (χ1v) is 6.43. The van der Waals surface area contributed by atoms with Crippen LogP contribution < -0.4 is 5.32 Å². The van der Waals surface area contributed by atoms with Crippen molar-refractivity contribution >= 4 is 22.6 Å². The second-order valence-corrected chi connectivity index (χ2v) is 4.82. The second kappa shape index (κ2) is 4.81. The molecule has 0 spiro atoms. The number of anilines is 1. The molecular formula is C16H15N3O. The minimum atomic E-state index is -0.145. The SMILES string of the molecule is Cc1cn(C)c2ccc(C(=O)Nc3ccccn3)cc12. The van der Waals surface area contributed by atoms with Crippen LogP contribution in [0.25, 0.3) is 10.9 Å². The van der Waals surface area contributed by atoms with Crippen LogP contribution in [-0.2, 0) is 7.05 Å². The van der Waals surface area contributed by atoms with Crippen LogP contribution in [0.1, 0.15) is 15.9 Å². The summed E-state index contributed by atoms with van der Waals surface area (Å²) in [5.41, 5.74) is 2.92. The number of hydrogen-bond donors (Lipinski definition) is 1. The number of rotatable bonds is 2. The molecule has 1 amide bonds. The fourth-order valence-electron chi connectivity index (χ4n) is 2.36. The van der Waals surface area contributed by atoms with E-state index in [9.17, 15) is 4.79 Å². The Kier molecular flexibility index (Phi) is 2.99. The van der Waals surface area contributed by atoms with Crippen molar-refractivity contribution in [2.45, 2.75) is 6.92 Å². The minimum Gasteiger partial charge on any atom is -0.350 e. The maximum absolute atomic E-state index is 12.2. The van der Waals surface area contributed by atoms with Gasteiger partial charge < -0.3 is 9.88 Å². The van der Waals surface area contributed by atoms with Crippen molar-refractivity contribution in [2.75, 3.05) is 5.32 Å². The Balaban J connectivity index is 1.94. The highest BCUT2D eigenvalue weighted by Gasteiger charge is 2.10. The van der Waals surface area contributed by atoms with Crippen molar-refractivity contribution < 1.29 is 4.79 Å². The van der Waals surface area contributed by atoms with Gasteiger partial charge in [-0.25, -0.2) is 4.98 Å². The normalized spacial score (nSPS) is 10.7. The molecule has 0 aliphatic rings. The van der Waals surface area contributed by atoms with Crippen LogP contribution in [0.5, 0.6) is 0 Å². The first kappa shape index (κ1) is 12.4. The van der Waals surface area contributed by atoms with Crippen LogP contribution in [0.4, 0.5) is 5.82 Å². The van der Waals surface area contributed by atoms with Crippen LogP contribution in [-0.4, -0.2) is 15.5 Å². The number of carbonyl (C=O) groups is 1. The molecule has 3 rings (SSSR count). The molecule has 0 radical (unpaired) electrons. The van der Waals surface area contributed by atoms with Gasteiger partial charge in [-0.2, -0.15) is 0 Å². The monoisotopic (exact) mass is 265 g/mol. The molecule has 4 nitrogen and oxygen atoms in total. The number of aromatic nitrogens is 2. The van der Waals surface area contributed by atoms with Crippen LogP contribution >= 0.6 is 0 Å². The molecule has 3 aromatic rings. The lowest BCUT2D eigenvalue weighted by Gasteiger charge is -2.05. The van der Waals surface area contributed by atoms with Crippen molar-refractivity contribution in [1.29, 1.82) is 0 Å². The second-order valence-electron chi connectivity index (χ2n) is 4.82. The highest BCUT2D eigenvalue weighted by Crippen LogP contribution is 2.21. The van der Waals surface area contributed by atoms with E-state index < -0.39 is 0 Å². The van der Waals surface area contributed by atoms with Crippen LogP contribution in [0.3, 0.4) is 0 Å². The molecule has 2 heterocycles. The molecule has 0 saturated heterocycles. The van der Waals surface area contributed by atoms with Gasteiger partial charge >= 0.3 is 0 Å². The number of nitrogens with zero attached hydrogens (tertiary/aromatic N) is 2. The fraction of sp³-hybridized carbons (Fsp3) is 0.125. The summed E-state index contributed by atoms with van der Waals surface area (Å²) in [4.78, 5) is 16.3. The average molecular weight is 265 g/mol. The Hall–Kier alpha value is -2.62. The lowest BCUT2D eigenvalue weighted by molar-refractivity contribution is 0.102. The van der Waals surface area contributed by atoms with E-state index in [1.54, 1.807) is 12.3 Å². The Morgan fingerprint density at radius 3 is 2.85 bits per heavy atom. The first-order chi connectivity index (χ1) is 9.65. The fourth-order valence-corrected chi connectivity index (χ4v) is 2.36. The number of pyridine rings is 1. The number of benzene rings is 1. The number of carbonyl (C=O) groups excluding carboxylic acids is 1. The summed E-state index contributed by atoms with van der Waals surface area (Å²) >= 11 is 0. The van der Waals surface area contributed by atoms with Crippen LogP contribution in [0, 0.1) is 6.92 Å². The molecule has 0 unspecified atom stereocenters. The van der Waals surface area contributed by atoms with E-state index in [0.29, 0.717) is 11.4 Å². The van der Waals surface area contributed by atoms with Gasteiger partial charge in [0, 0.05) is 35.9 Å². The van der Waals surface area contributed by atoms with E-state index in [1.807, 2.05) is 44.3 Å². The van der Waals surface area contributed by atoms with Gasteiger partial charge in [0.15, 0.2) is 0 Å². The Bertz CT molecular complexity index is 775. The predicted octanol–water partition coefficient (Wildman–Crippen LogP) is 3.13. The van der Waals surface area contributed by atoms with E-state index in [2.05, 4.69) is 21.1 Å². The molecular weight excluding hydrogens is 250 g/mol. The third-order valence-corrected chi connectivity index (χ3v) is 3.36. The molecule has 4 heteroatoms. The van der Waals surface area contributed by atoms with Crippen molar-refractivity contribution in [3.05, 3.63) is 59.9 Å². The van der Waals surface area contributed by atoms with Crippen molar-refractivity contribution in [3.8, 4) is 0 Å². The van der Waals surface area contributed by atoms with Crippen molar-refractivity contribution in [2.24, 2.45) is 7.05 Å². The quantitative estimate of drug-likeness (QED) is 0.773. The van der Waals surface area contributed by atoms with E-state index >= 15 is 0 Å². The number of amides is 1. The number of nitrogens with one attached hydrogen (secondary N) is 1. The maximum atomic E-state index is 12.2. The molecule has 1 aromatic carbocycles. The zero-order valence-corrected chi connectivity index (χ0v) is 11.4. The average Bonchev–Trinajstić information content (AvgIpc) is 2.75. The Morgan fingerprint density at radius 2 is 2.10 bits per heavy atom. The smallest absolute Gasteiger partial charge is 0.256 e. The third-order valence-electron chi connectivity index (χ3n) is 3.36. The third kappa shape index (κ3) is 2.16. The summed E-state index contributed by atoms with van der Waals surface area (Å²) in [6.45, 7) is 2.04. The molecule has 2 aromatic heterocycles. The van der Waals surface area contributed by atoms with Crippen LogP contribution in [0.2, 0.25) is 0 Å². The molecule has 0 fully saturated rings.